The second-order valence-electron chi connectivity index (χ2n) is 12.6. The Balaban J connectivity index is 1.25. The molecule has 6 rings (SSSR count). The minimum Gasteiger partial charge on any atom is -0.359 e. The van der Waals surface area contributed by atoms with Crippen LogP contribution in [-0.4, -0.2) is 71.4 Å². The monoisotopic (exact) mass is 570 g/mol. The Kier molecular flexibility index (Phi) is 7.94. The van der Waals surface area contributed by atoms with Crippen LogP contribution in [0.25, 0.3) is 0 Å². The molecular formula is C34H42N4O4. The standard InChI is InChI=1S/C34H42N4O4/c1-22-14-15-26(20-23(22)2)36-31(39)28-27-16-17-34(42-27)29(28)33(41)38(19-18-37(3)21-24-10-6-4-7-11-24)30(34)32(40)35-25-12-8-5-9-13-25/h4,6-7,10-11,14-17,20,25,27-30H,5,8-9,12-13,18-19,21H2,1-3H3,(H,35,40)(H,36,39)/t27-,28?,29-,30?,34?/m0/s1. The van der Waals surface area contributed by atoms with Crippen molar-refractivity contribution in [1.29, 1.82) is 0 Å². The van der Waals surface area contributed by atoms with E-state index in [2.05, 4.69) is 27.7 Å². The first-order valence-corrected chi connectivity index (χ1v) is 15.4. The highest BCUT2D eigenvalue weighted by Gasteiger charge is 2.72. The zero-order chi connectivity index (χ0) is 29.4. The lowest BCUT2D eigenvalue weighted by molar-refractivity contribution is -0.141. The lowest BCUT2D eigenvalue weighted by atomic mass is 9.74. The fraction of sp³-hybridized carbons (Fsp3) is 0.500. The Hall–Kier alpha value is -3.49. The molecule has 1 spiro atoms. The highest BCUT2D eigenvalue weighted by molar-refractivity contribution is 6.02. The van der Waals surface area contributed by atoms with E-state index < -0.39 is 29.6 Å². The van der Waals surface area contributed by atoms with Crippen LogP contribution in [0.3, 0.4) is 0 Å². The molecule has 1 aliphatic carbocycles. The van der Waals surface area contributed by atoms with Gasteiger partial charge in [0.05, 0.1) is 17.9 Å². The molecule has 1 saturated carbocycles. The summed E-state index contributed by atoms with van der Waals surface area (Å²) in [6.07, 6.45) is 8.49. The van der Waals surface area contributed by atoms with Crippen molar-refractivity contribution in [1.82, 2.24) is 15.1 Å². The van der Waals surface area contributed by atoms with Crippen molar-refractivity contribution in [3.8, 4) is 0 Å². The van der Waals surface area contributed by atoms with Gasteiger partial charge in [-0.25, -0.2) is 0 Å². The summed E-state index contributed by atoms with van der Waals surface area (Å²) in [6.45, 7) is 5.72. The van der Waals surface area contributed by atoms with E-state index in [0.29, 0.717) is 18.8 Å². The lowest BCUT2D eigenvalue weighted by Gasteiger charge is -2.34. The molecule has 2 aromatic carbocycles. The van der Waals surface area contributed by atoms with E-state index >= 15 is 0 Å². The third-order valence-corrected chi connectivity index (χ3v) is 9.67. The minimum absolute atomic E-state index is 0.103. The molecule has 8 nitrogen and oxygen atoms in total. The topological polar surface area (TPSA) is 91.0 Å². The maximum atomic E-state index is 14.2. The number of rotatable bonds is 9. The average molecular weight is 571 g/mol. The number of nitrogens with zero attached hydrogens (tertiary/aromatic N) is 2. The molecule has 3 fully saturated rings. The normalized spacial score (nSPS) is 28.4. The first-order valence-electron chi connectivity index (χ1n) is 15.4. The number of ether oxygens (including phenoxy) is 1. The Bertz CT molecular complexity index is 1370. The van der Waals surface area contributed by atoms with Gasteiger partial charge in [-0.2, -0.15) is 0 Å². The number of hydrogen-bond donors (Lipinski definition) is 2. The highest BCUT2D eigenvalue weighted by Crippen LogP contribution is 2.55. The van der Waals surface area contributed by atoms with Crippen molar-refractivity contribution in [3.63, 3.8) is 0 Å². The maximum absolute atomic E-state index is 14.2. The largest absolute Gasteiger partial charge is 0.359 e. The van der Waals surface area contributed by atoms with Crippen LogP contribution in [-0.2, 0) is 25.7 Å². The van der Waals surface area contributed by atoms with Crippen molar-refractivity contribution in [3.05, 3.63) is 77.4 Å². The van der Waals surface area contributed by atoms with Crippen LogP contribution in [0.2, 0.25) is 0 Å². The van der Waals surface area contributed by atoms with Crippen LogP contribution in [0.5, 0.6) is 0 Å². The number of carbonyl (C=O) groups excluding carboxylic acids is 3. The van der Waals surface area contributed by atoms with Crippen molar-refractivity contribution >= 4 is 23.4 Å². The molecule has 0 radical (unpaired) electrons. The summed E-state index contributed by atoms with van der Waals surface area (Å²) in [7, 11) is 2.02. The molecule has 4 aliphatic rings. The van der Waals surface area contributed by atoms with Crippen LogP contribution >= 0.6 is 0 Å². The van der Waals surface area contributed by atoms with Crippen LogP contribution < -0.4 is 10.6 Å². The number of hydrogen-bond acceptors (Lipinski definition) is 5. The van der Waals surface area contributed by atoms with Gasteiger partial charge in [-0.05, 0) is 62.6 Å². The highest BCUT2D eigenvalue weighted by atomic mass is 16.5. The molecule has 5 atom stereocenters. The summed E-state index contributed by atoms with van der Waals surface area (Å²) in [5.74, 6) is -2.06. The van der Waals surface area contributed by atoms with Gasteiger partial charge in [-0.1, -0.05) is 67.8 Å². The summed E-state index contributed by atoms with van der Waals surface area (Å²) < 4.78 is 6.52. The van der Waals surface area contributed by atoms with Crippen LogP contribution in [0, 0.1) is 25.7 Å². The average Bonchev–Trinajstić information content (AvgIpc) is 3.62. The molecule has 8 heteroatoms. The van der Waals surface area contributed by atoms with E-state index in [-0.39, 0.29) is 23.8 Å². The number of likely N-dealkylation sites (N-methyl/N-ethyl adjacent to an activating group) is 1. The number of nitrogens with one attached hydrogen (secondary N) is 2. The van der Waals surface area contributed by atoms with Crippen LogP contribution in [0.15, 0.2) is 60.7 Å². The fourth-order valence-corrected chi connectivity index (χ4v) is 7.33. The predicted octanol–water partition coefficient (Wildman–Crippen LogP) is 3.97. The number of anilines is 1. The Morgan fingerprint density at radius 1 is 1.02 bits per heavy atom. The molecule has 2 N–H and O–H groups in total. The zero-order valence-corrected chi connectivity index (χ0v) is 24.8. The molecule has 3 heterocycles. The third-order valence-electron chi connectivity index (χ3n) is 9.67. The summed E-state index contributed by atoms with van der Waals surface area (Å²) in [5, 5.41) is 6.30. The van der Waals surface area contributed by atoms with E-state index in [1.807, 2.05) is 69.4 Å². The van der Waals surface area contributed by atoms with Gasteiger partial charge in [0.2, 0.25) is 17.7 Å². The molecular weight excluding hydrogens is 528 g/mol. The molecule has 222 valence electrons. The molecule has 3 unspecified atom stereocenters. The Morgan fingerprint density at radius 3 is 2.52 bits per heavy atom. The minimum atomic E-state index is -1.15. The Labute approximate surface area is 248 Å². The SMILES string of the molecule is Cc1ccc(NC(=O)C2[C@@H]3C=CC4(O3)C(C(=O)NC3CCCCC3)N(CCN(C)Cc3ccccc3)C(=O)[C@H]24)cc1C. The third kappa shape index (κ3) is 5.26. The first kappa shape index (κ1) is 28.6. The van der Waals surface area contributed by atoms with Crippen LogP contribution in [0.1, 0.15) is 48.8 Å². The van der Waals surface area contributed by atoms with E-state index in [4.69, 9.17) is 4.74 Å². The quantitative estimate of drug-likeness (QED) is 0.446. The van der Waals surface area contributed by atoms with Gasteiger partial charge in [0, 0.05) is 31.4 Å². The van der Waals surface area contributed by atoms with Crippen molar-refractivity contribution in [2.45, 2.75) is 76.3 Å². The molecule has 42 heavy (non-hydrogen) atoms. The second-order valence-corrected chi connectivity index (χ2v) is 12.6. The molecule has 2 saturated heterocycles. The van der Waals surface area contributed by atoms with Gasteiger partial charge in [0.25, 0.3) is 0 Å². The second kappa shape index (κ2) is 11.7. The van der Waals surface area contributed by atoms with E-state index in [1.54, 1.807) is 4.90 Å². The lowest BCUT2D eigenvalue weighted by Crippen LogP contribution is -2.57. The molecule has 2 bridgehead atoms. The number of benzene rings is 2. The summed E-state index contributed by atoms with van der Waals surface area (Å²) in [5.41, 5.74) is 2.95. The molecule has 2 aromatic rings. The van der Waals surface area contributed by atoms with Gasteiger partial charge >= 0.3 is 0 Å². The van der Waals surface area contributed by atoms with E-state index in [9.17, 15) is 14.4 Å². The van der Waals surface area contributed by atoms with Gasteiger partial charge < -0.3 is 25.2 Å². The first-order chi connectivity index (χ1) is 20.3. The summed E-state index contributed by atoms with van der Waals surface area (Å²) >= 11 is 0. The van der Waals surface area contributed by atoms with Crippen LogP contribution in [0.4, 0.5) is 5.69 Å². The number of amides is 3. The number of aryl methyl sites for hydroxylation is 2. The van der Waals surface area contributed by atoms with Gasteiger partial charge in [0.1, 0.15) is 11.6 Å². The summed E-state index contributed by atoms with van der Waals surface area (Å²) in [4.78, 5) is 45.9. The molecule has 3 amide bonds. The number of carbonyl (C=O) groups is 3. The van der Waals surface area contributed by atoms with Gasteiger partial charge in [0.15, 0.2) is 0 Å². The van der Waals surface area contributed by atoms with Gasteiger partial charge in [-0.15, -0.1) is 0 Å². The number of likely N-dealkylation sites (tertiary alicyclic amines) is 1. The zero-order valence-electron chi connectivity index (χ0n) is 24.8. The van der Waals surface area contributed by atoms with Crippen molar-refractivity contribution < 1.29 is 19.1 Å². The van der Waals surface area contributed by atoms with E-state index in [1.165, 1.54) is 12.0 Å². The van der Waals surface area contributed by atoms with Gasteiger partial charge in [-0.3, -0.25) is 14.4 Å². The fourth-order valence-electron chi connectivity index (χ4n) is 7.33. The smallest absolute Gasteiger partial charge is 0.246 e. The van der Waals surface area contributed by atoms with Crippen molar-refractivity contribution in [2.24, 2.45) is 11.8 Å². The summed E-state index contributed by atoms with van der Waals surface area (Å²) in [6, 6.07) is 15.3. The van der Waals surface area contributed by atoms with E-state index in [0.717, 1.165) is 43.4 Å². The number of fused-ring (bicyclic) bond motifs is 1. The predicted molar refractivity (Wildman–Crippen MR) is 162 cm³/mol. The maximum Gasteiger partial charge on any atom is 0.246 e. The van der Waals surface area contributed by atoms with Crippen molar-refractivity contribution in [2.75, 3.05) is 25.5 Å². The molecule has 3 aliphatic heterocycles. The molecule has 0 aromatic heterocycles. The Morgan fingerprint density at radius 2 is 1.79 bits per heavy atom.